The van der Waals surface area contributed by atoms with E-state index in [1.165, 1.54) is 5.56 Å². The fourth-order valence-corrected chi connectivity index (χ4v) is 4.49. The minimum Gasteiger partial charge on any atom is -0.311 e. The maximum absolute atomic E-state index is 13.3. The average Bonchev–Trinajstić information content (AvgIpc) is 3.12. The largest absolute Gasteiger partial charge is 0.311 e. The Morgan fingerprint density at radius 3 is 2.81 bits per heavy atom. The van der Waals surface area contributed by atoms with Crippen molar-refractivity contribution in [2.75, 3.05) is 18.0 Å². The minimum absolute atomic E-state index is 0.0868. The lowest BCUT2D eigenvalue weighted by Crippen LogP contribution is -2.47. The molecule has 0 aliphatic carbocycles. The lowest BCUT2D eigenvalue weighted by molar-refractivity contribution is -0.123. The van der Waals surface area contributed by atoms with Gasteiger partial charge in [0.1, 0.15) is 0 Å². The predicted octanol–water partition coefficient (Wildman–Crippen LogP) is 4.94. The summed E-state index contributed by atoms with van der Waals surface area (Å²) in [6.45, 7) is 2.37. The smallest absolute Gasteiger partial charge is 0.244 e. The summed E-state index contributed by atoms with van der Waals surface area (Å²) in [5.74, 6) is 0.216. The number of fused-ring (bicyclic) bond motifs is 1. The number of hydrogen-bond donors (Lipinski definition) is 0. The standard InChI is InChI=1S/C21H22Cl2N2O/c22-17-9-10-18(23)16(13-17)14-24-11-4-8-20(24)21(26)25-12-3-6-15-5-1-2-7-19(15)25/h1-2,5,7,9-10,13,20H,3-4,6,8,11-12,14H2/t20-/m0/s1. The first-order chi connectivity index (χ1) is 12.6. The number of nitrogens with zero attached hydrogens (tertiary/aromatic N) is 2. The number of carbonyl (C=O) groups excluding carboxylic acids is 1. The molecule has 2 aliphatic rings. The Balaban J connectivity index is 1.55. The number of benzene rings is 2. The Bertz CT molecular complexity index is 823. The van der Waals surface area contributed by atoms with Crippen LogP contribution in [0.1, 0.15) is 30.4 Å². The molecule has 0 spiro atoms. The second-order valence-corrected chi connectivity index (χ2v) is 7.93. The van der Waals surface area contributed by atoms with Crippen LogP contribution in [0.2, 0.25) is 10.0 Å². The molecule has 26 heavy (non-hydrogen) atoms. The quantitative estimate of drug-likeness (QED) is 0.743. The zero-order valence-corrected chi connectivity index (χ0v) is 16.1. The van der Waals surface area contributed by atoms with E-state index in [4.69, 9.17) is 23.2 Å². The van der Waals surface area contributed by atoms with E-state index in [0.717, 1.165) is 50.0 Å². The summed E-state index contributed by atoms with van der Waals surface area (Å²) in [4.78, 5) is 17.6. The predicted molar refractivity (Wildman–Crippen MR) is 107 cm³/mol. The van der Waals surface area contributed by atoms with Gasteiger partial charge in [0.25, 0.3) is 0 Å². The Hall–Kier alpha value is -1.55. The molecule has 0 radical (unpaired) electrons. The molecule has 0 unspecified atom stereocenters. The molecule has 1 saturated heterocycles. The summed E-state index contributed by atoms with van der Waals surface area (Å²) in [5, 5.41) is 1.38. The summed E-state index contributed by atoms with van der Waals surface area (Å²) in [6, 6.07) is 13.7. The fourth-order valence-electron chi connectivity index (χ4n) is 4.12. The van der Waals surface area contributed by atoms with Gasteiger partial charge in [0.2, 0.25) is 5.91 Å². The summed E-state index contributed by atoms with van der Waals surface area (Å²) in [6.07, 6.45) is 4.00. The van der Waals surface area contributed by atoms with E-state index < -0.39 is 0 Å². The highest BCUT2D eigenvalue weighted by atomic mass is 35.5. The van der Waals surface area contributed by atoms with Gasteiger partial charge >= 0.3 is 0 Å². The van der Waals surface area contributed by atoms with Crippen LogP contribution in [0.25, 0.3) is 0 Å². The van der Waals surface area contributed by atoms with Crippen molar-refractivity contribution in [2.24, 2.45) is 0 Å². The Morgan fingerprint density at radius 1 is 1.08 bits per heavy atom. The van der Waals surface area contributed by atoms with Crippen LogP contribution in [0.3, 0.4) is 0 Å². The normalized spacial score (nSPS) is 20.2. The number of likely N-dealkylation sites (tertiary alicyclic amines) is 1. The Kier molecular flexibility index (Phi) is 5.21. The Morgan fingerprint density at radius 2 is 1.92 bits per heavy atom. The fraction of sp³-hybridized carbons (Fsp3) is 0.381. The first-order valence-electron chi connectivity index (χ1n) is 9.21. The van der Waals surface area contributed by atoms with E-state index in [1.54, 1.807) is 6.07 Å². The molecule has 3 nitrogen and oxygen atoms in total. The van der Waals surface area contributed by atoms with Crippen molar-refractivity contribution < 1.29 is 4.79 Å². The average molecular weight is 389 g/mol. The van der Waals surface area contributed by atoms with E-state index in [9.17, 15) is 4.79 Å². The molecular weight excluding hydrogens is 367 g/mol. The minimum atomic E-state index is -0.0868. The van der Waals surface area contributed by atoms with Gasteiger partial charge in [-0.25, -0.2) is 0 Å². The number of halogens is 2. The van der Waals surface area contributed by atoms with Crippen LogP contribution < -0.4 is 4.90 Å². The molecule has 2 heterocycles. The molecule has 1 amide bonds. The molecule has 2 aromatic carbocycles. The summed E-state index contributed by atoms with van der Waals surface area (Å²) >= 11 is 12.5. The zero-order valence-electron chi connectivity index (χ0n) is 14.6. The second-order valence-electron chi connectivity index (χ2n) is 7.09. The van der Waals surface area contributed by atoms with Gasteiger partial charge in [-0.05, 0) is 67.6 Å². The summed E-state index contributed by atoms with van der Waals surface area (Å²) in [7, 11) is 0. The second kappa shape index (κ2) is 7.59. The molecule has 136 valence electrons. The molecule has 0 bridgehead atoms. The molecule has 1 fully saturated rings. The molecule has 1 atom stereocenters. The van der Waals surface area contributed by atoms with Gasteiger partial charge in [-0.3, -0.25) is 9.69 Å². The van der Waals surface area contributed by atoms with Crippen molar-refractivity contribution in [3.8, 4) is 0 Å². The van der Waals surface area contributed by atoms with Crippen LogP contribution in [-0.2, 0) is 17.8 Å². The Labute approximate surface area is 164 Å². The number of amides is 1. The van der Waals surface area contributed by atoms with Crippen molar-refractivity contribution in [1.82, 2.24) is 4.90 Å². The van der Waals surface area contributed by atoms with Crippen LogP contribution >= 0.6 is 23.2 Å². The zero-order chi connectivity index (χ0) is 18.1. The van der Waals surface area contributed by atoms with Crippen molar-refractivity contribution in [3.05, 3.63) is 63.6 Å². The SMILES string of the molecule is O=C([C@@H]1CCCN1Cc1cc(Cl)ccc1Cl)N1CCCc2ccccc21. The third-order valence-electron chi connectivity index (χ3n) is 5.41. The van der Waals surface area contributed by atoms with Crippen LogP contribution in [0.5, 0.6) is 0 Å². The van der Waals surface area contributed by atoms with Gasteiger partial charge in [0.15, 0.2) is 0 Å². The topological polar surface area (TPSA) is 23.6 Å². The number of para-hydroxylation sites is 1. The molecule has 0 saturated carbocycles. The summed E-state index contributed by atoms with van der Waals surface area (Å²) < 4.78 is 0. The van der Waals surface area contributed by atoms with Gasteiger partial charge in [0.05, 0.1) is 6.04 Å². The molecule has 2 aromatic rings. The van der Waals surface area contributed by atoms with E-state index in [0.29, 0.717) is 16.6 Å². The third kappa shape index (κ3) is 3.48. The van der Waals surface area contributed by atoms with Gasteiger partial charge in [-0.15, -0.1) is 0 Å². The molecule has 5 heteroatoms. The molecule has 4 rings (SSSR count). The lowest BCUT2D eigenvalue weighted by atomic mass is 10.0. The number of rotatable bonds is 3. The molecule has 2 aliphatic heterocycles. The van der Waals surface area contributed by atoms with Gasteiger partial charge in [-0.2, -0.15) is 0 Å². The third-order valence-corrected chi connectivity index (χ3v) is 6.01. The van der Waals surface area contributed by atoms with Gasteiger partial charge in [0, 0.05) is 28.8 Å². The van der Waals surface area contributed by atoms with Gasteiger partial charge < -0.3 is 4.90 Å². The molecular formula is C21H22Cl2N2O. The molecule has 0 N–H and O–H groups in total. The molecule has 0 aromatic heterocycles. The summed E-state index contributed by atoms with van der Waals surface area (Å²) in [5.41, 5.74) is 3.34. The van der Waals surface area contributed by atoms with Crippen molar-refractivity contribution >= 4 is 34.8 Å². The number of hydrogen-bond acceptors (Lipinski definition) is 2. The highest BCUT2D eigenvalue weighted by molar-refractivity contribution is 6.33. The maximum Gasteiger partial charge on any atom is 0.244 e. The van der Waals surface area contributed by atoms with Crippen LogP contribution in [0, 0.1) is 0 Å². The van der Waals surface area contributed by atoms with Crippen molar-refractivity contribution in [3.63, 3.8) is 0 Å². The van der Waals surface area contributed by atoms with E-state index >= 15 is 0 Å². The van der Waals surface area contributed by atoms with Crippen LogP contribution in [-0.4, -0.2) is 29.9 Å². The number of anilines is 1. The highest BCUT2D eigenvalue weighted by Gasteiger charge is 2.35. The van der Waals surface area contributed by atoms with E-state index in [-0.39, 0.29) is 11.9 Å². The number of carbonyl (C=O) groups is 1. The monoisotopic (exact) mass is 388 g/mol. The highest BCUT2D eigenvalue weighted by Crippen LogP contribution is 2.31. The van der Waals surface area contributed by atoms with Crippen LogP contribution in [0.15, 0.2) is 42.5 Å². The maximum atomic E-state index is 13.3. The van der Waals surface area contributed by atoms with E-state index in [1.807, 2.05) is 23.1 Å². The first-order valence-corrected chi connectivity index (χ1v) is 9.96. The van der Waals surface area contributed by atoms with Crippen molar-refractivity contribution in [2.45, 2.75) is 38.3 Å². The van der Waals surface area contributed by atoms with Crippen molar-refractivity contribution in [1.29, 1.82) is 0 Å². The van der Waals surface area contributed by atoms with Crippen LogP contribution in [0.4, 0.5) is 5.69 Å². The van der Waals surface area contributed by atoms with E-state index in [2.05, 4.69) is 23.1 Å². The lowest BCUT2D eigenvalue weighted by Gasteiger charge is -2.34. The number of aryl methyl sites for hydroxylation is 1. The van der Waals surface area contributed by atoms with Gasteiger partial charge in [-0.1, -0.05) is 41.4 Å². The first kappa shape index (κ1) is 17.8.